The highest BCUT2D eigenvalue weighted by Gasteiger charge is 2.13. The van der Waals surface area contributed by atoms with Gasteiger partial charge in [-0.2, -0.15) is 0 Å². The number of unbranched alkanes of at least 4 members (excludes halogenated alkanes) is 3. The minimum Gasteiger partial charge on any atom is -0.497 e. The van der Waals surface area contributed by atoms with Gasteiger partial charge in [-0.1, -0.05) is 50.5 Å². The van der Waals surface area contributed by atoms with Crippen LogP contribution in [0.3, 0.4) is 0 Å². The molecule has 0 aromatic heterocycles. The molecule has 0 aliphatic rings. The van der Waals surface area contributed by atoms with E-state index in [1.165, 1.54) is 24.8 Å². The predicted molar refractivity (Wildman–Crippen MR) is 106 cm³/mol. The second-order valence-corrected chi connectivity index (χ2v) is 8.22. The molecular weight excluding hydrogens is 346 g/mol. The number of ether oxygens (including phenoxy) is 1. The molecule has 0 aliphatic carbocycles. The summed E-state index contributed by atoms with van der Waals surface area (Å²) in [5.74, 6) is 0.795. The molecule has 142 valence electrons. The molecule has 0 unspecified atom stereocenters. The molecule has 0 radical (unpaired) electrons. The maximum Gasteiger partial charge on any atom is 0.240 e. The number of hydrogen-bond donors (Lipinski definition) is 1. The summed E-state index contributed by atoms with van der Waals surface area (Å²) in [6, 6.07) is 14.9. The zero-order chi connectivity index (χ0) is 18.8. The third kappa shape index (κ3) is 6.46. The molecule has 0 amide bonds. The number of hydrogen-bond acceptors (Lipinski definition) is 3. The van der Waals surface area contributed by atoms with E-state index in [1.807, 2.05) is 36.4 Å². The van der Waals surface area contributed by atoms with E-state index in [0.29, 0.717) is 17.9 Å². The quantitative estimate of drug-likeness (QED) is 0.595. The van der Waals surface area contributed by atoms with Gasteiger partial charge < -0.3 is 4.74 Å². The summed E-state index contributed by atoms with van der Waals surface area (Å²) in [7, 11) is -1.84. The lowest BCUT2D eigenvalue weighted by atomic mass is 10.1. The van der Waals surface area contributed by atoms with Crippen molar-refractivity contribution in [3.63, 3.8) is 0 Å². The molecular formula is C21H29NO3S. The van der Waals surface area contributed by atoms with Crippen molar-refractivity contribution in [3.8, 4) is 5.75 Å². The van der Waals surface area contributed by atoms with Gasteiger partial charge in [0.2, 0.25) is 10.0 Å². The van der Waals surface area contributed by atoms with Crippen LogP contribution in [0.1, 0.15) is 43.7 Å². The van der Waals surface area contributed by atoms with Crippen LogP contribution in [0.25, 0.3) is 0 Å². The summed E-state index contributed by atoms with van der Waals surface area (Å²) >= 11 is 0. The number of aryl methyl sites for hydroxylation is 1. The van der Waals surface area contributed by atoms with Gasteiger partial charge in [0.15, 0.2) is 0 Å². The van der Waals surface area contributed by atoms with Crippen LogP contribution in [0.5, 0.6) is 5.75 Å². The van der Waals surface area contributed by atoms with E-state index in [2.05, 4.69) is 11.6 Å². The van der Waals surface area contributed by atoms with Gasteiger partial charge >= 0.3 is 0 Å². The average molecular weight is 376 g/mol. The molecule has 2 rings (SSSR count). The number of sulfonamides is 1. The SMILES string of the molecule is CCCCCCc1ccc(S(=O)(=O)NCCc2ccc(OC)cc2)cc1. The first-order valence-electron chi connectivity index (χ1n) is 9.26. The van der Waals surface area contributed by atoms with Crippen molar-refractivity contribution in [2.75, 3.05) is 13.7 Å². The zero-order valence-corrected chi connectivity index (χ0v) is 16.5. The van der Waals surface area contributed by atoms with E-state index < -0.39 is 10.0 Å². The largest absolute Gasteiger partial charge is 0.497 e. The van der Waals surface area contributed by atoms with Gasteiger partial charge in [-0.15, -0.1) is 0 Å². The second kappa shape index (κ2) is 10.3. The highest BCUT2D eigenvalue weighted by molar-refractivity contribution is 7.89. The molecule has 0 heterocycles. The van der Waals surface area contributed by atoms with E-state index in [1.54, 1.807) is 19.2 Å². The summed E-state index contributed by atoms with van der Waals surface area (Å²) in [5, 5.41) is 0. The average Bonchev–Trinajstić information content (AvgIpc) is 2.66. The Morgan fingerprint density at radius 2 is 1.46 bits per heavy atom. The van der Waals surface area contributed by atoms with Crippen molar-refractivity contribution in [1.82, 2.24) is 4.72 Å². The maximum atomic E-state index is 12.4. The topological polar surface area (TPSA) is 55.4 Å². The minimum absolute atomic E-state index is 0.324. The van der Waals surface area contributed by atoms with Crippen molar-refractivity contribution in [2.24, 2.45) is 0 Å². The van der Waals surface area contributed by atoms with Gasteiger partial charge in [-0.3, -0.25) is 0 Å². The molecule has 0 spiro atoms. The molecule has 0 saturated carbocycles. The lowest BCUT2D eigenvalue weighted by Gasteiger charge is -2.08. The Morgan fingerprint density at radius 3 is 2.08 bits per heavy atom. The Labute approximate surface area is 157 Å². The zero-order valence-electron chi connectivity index (χ0n) is 15.7. The van der Waals surface area contributed by atoms with Crippen molar-refractivity contribution < 1.29 is 13.2 Å². The number of rotatable bonds is 11. The summed E-state index contributed by atoms with van der Waals surface area (Å²) in [5.41, 5.74) is 2.26. The highest BCUT2D eigenvalue weighted by Crippen LogP contribution is 2.14. The van der Waals surface area contributed by atoms with Crippen LogP contribution >= 0.6 is 0 Å². The Morgan fingerprint density at radius 1 is 0.846 bits per heavy atom. The van der Waals surface area contributed by atoms with Gasteiger partial charge in [0.05, 0.1) is 12.0 Å². The van der Waals surface area contributed by atoms with E-state index >= 15 is 0 Å². The standard InChI is InChI=1S/C21H29NO3S/c1-3-4-5-6-7-18-10-14-21(15-11-18)26(23,24)22-17-16-19-8-12-20(25-2)13-9-19/h8-15,22H,3-7,16-17H2,1-2H3. The van der Waals surface area contributed by atoms with Gasteiger partial charge in [-0.05, 0) is 54.7 Å². The molecule has 0 saturated heterocycles. The lowest BCUT2D eigenvalue weighted by molar-refractivity contribution is 0.414. The van der Waals surface area contributed by atoms with Gasteiger partial charge in [-0.25, -0.2) is 13.1 Å². The molecule has 0 bridgehead atoms. The molecule has 1 N–H and O–H groups in total. The van der Waals surface area contributed by atoms with Crippen LogP contribution in [0.15, 0.2) is 53.4 Å². The molecule has 2 aromatic rings. The monoisotopic (exact) mass is 375 g/mol. The predicted octanol–water partition coefficient (Wildman–Crippen LogP) is 4.34. The van der Waals surface area contributed by atoms with Crippen LogP contribution in [-0.2, 0) is 22.9 Å². The fourth-order valence-corrected chi connectivity index (χ4v) is 3.83. The first-order chi connectivity index (χ1) is 12.5. The highest BCUT2D eigenvalue weighted by atomic mass is 32.2. The second-order valence-electron chi connectivity index (χ2n) is 6.45. The van der Waals surface area contributed by atoms with E-state index in [-0.39, 0.29) is 0 Å². The van der Waals surface area contributed by atoms with E-state index in [4.69, 9.17) is 4.74 Å². The molecule has 2 aromatic carbocycles. The molecule has 5 heteroatoms. The lowest BCUT2D eigenvalue weighted by Crippen LogP contribution is -2.26. The van der Waals surface area contributed by atoms with Crippen molar-refractivity contribution in [1.29, 1.82) is 0 Å². The van der Waals surface area contributed by atoms with Gasteiger partial charge in [0.1, 0.15) is 5.75 Å². The number of benzene rings is 2. The summed E-state index contributed by atoms with van der Waals surface area (Å²) in [4.78, 5) is 0.324. The minimum atomic E-state index is -3.46. The fraction of sp³-hybridized carbons (Fsp3) is 0.429. The first-order valence-corrected chi connectivity index (χ1v) is 10.7. The summed E-state index contributed by atoms with van der Waals surface area (Å²) in [6.07, 6.45) is 6.50. The third-order valence-corrected chi connectivity index (χ3v) is 5.89. The third-order valence-electron chi connectivity index (χ3n) is 4.42. The summed E-state index contributed by atoms with van der Waals surface area (Å²) < 4.78 is 32.6. The summed E-state index contributed by atoms with van der Waals surface area (Å²) in [6.45, 7) is 2.56. The van der Waals surface area contributed by atoms with Crippen LogP contribution in [0, 0.1) is 0 Å². The van der Waals surface area contributed by atoms with Crippen LogP contribution in [0.4, 0.5) is 0 Å². The van der Waals surface area contributed by atoms with Crippen molar-refractivity contribution >= 4 is 10.0 Å². The van der Waals surface area contributed by atoms with Crippen LogP contribution in [0.2, 0.25) is 0 Å². The van der Waals surface area contributed by atoms with Gasteiger partial charge in [0.25, 0.3) is 0 Å². The number of methoxy groups -OCH3 is 1. The Kier molecular flexibility index (Phi) is 8.13. The van der Waals surface area contributed by atoms with Crippen molar-refractivity contribution in [3.05, 3.63) is 59.7 Å². The molecule has 4 nitrogen and oxygen atoms in total. The fourth-order valence-electron chi connectivity index (χ4n) is 2.80. The molecule has 0 aliphatic heterocycles. The van der Waals surface area contributed by atoms with Crippen LogP contribution < -0.4 is 9.46 Å². The van der Waals surface area contributed by atoms with Crippen molar-refractivity contribution in [2.45, 2.75) is 50.3 Å². The first kappa shape index (κ1) is 20.5. The van der Waals surface area contributed by atoms with E-state index in [0.717, 1.165) is 24.2 Å². The molecule has 26 heavy (non-hydrogen) atoms. The maximum absolute atomic E-state index is 12.4. The Balaban J connectivity index is 1.84. The van der Waals surface area contributed by atoms with Crippen LogP contribution in [-0.4, -0.2) is 22.1 Å². The normalized spacial score (nSPS) is 11.5. The Hall–Kier alpha value is -1.85. The van der Waals surface area contributed by atoms with Gasteiger partial charge in [0, 0.05) is 6.54 Å². The molecule has 0 fully saturated rings. The number of nitrogens with one attached hydrogen (secondary N) is 1. The smallest absolute Gasteiger partial charge is 0.240 e. The Bertz CT molecular complexity index is 753. The van der Waals surface area contributed by atoms with E-state index in [9.17, 15) is 8.42 Å². The molecule has 0 atom stereocenters.